The first-order valence-electron chi connectivity index (χ1n) is 9.91. The Balaban J connectivity index is 1.56. The zero-order valence-corrected chi connectivity index (χ0v) is 16.9. The third kappa shape index (κ3) is 4.26. The van der Waals surface area contributed by atoms with Gasteiger partial charge in [0.15, 0.2) is 5.82 Å². The van der Waals surface area contributed by atoms with Crippen molar-refractivity contribution in [1.29, 1.82) is 0 Å². The van der Waals surface area contributed by atoms with E-state index in [0.717, 1.165) is 35.5 Å². The predicted octanol–water partition coefficient (Wildman–Crippen LogP) is 3.12. The lowest BCUT2D eigenvalue weighted by atomic mass is 10.0. The molecule has 3 aromatic rings. The van der Waals surface area contributed by atoms with Gasteiger partial charge in [0.1, 0.15) is 5.82 Å². The molecule has 4 rings (SSSR count). The van der Waals surface area contributed by atoms with Crippen molar-refractivity contribution in [3.8, 4) is 11.4 Å². The van der Waals surface area contributed by atoms with Crippen molar-refractivity contribution in [2.24, 2.45) is 0 Å². The first-order chi connectivity index (χ1) is 14.1. The third-order valence-electron chi connectivity index (χ3n) is 5.23. The molecule has 1 aliphatic rings. The molecule has 1 aromatic carbocycles. The number of fused-ring (bicyclic) bond motifs is 1. The number of carbonyl (C=O) groups excluding carboxylic acids is 1. The normalized spacial score (nSPS) is 13.1. The Morgan fingerprint density at radius 2 is 1.83 bits per heavy atom. The number of benzene rings is 1. The van der Waals surface area contributed by atoms with Crippen molar-refractivity contribution in [2.75, 3.05) is 25.5 Å². The Kier molecular flexibility index (Phi) is 5.51. The van der Waals surface area contributed by atoms with Crippen LogP contribution in [0.2, 0.25) is 0 Å². The maximum atomic E-state index is 12.8. The number of carbonyl (C=O) groups is 1. The lowest BCUT2D eigenvalue weighted by Crippen LogP contribution is -2.37. The molecular weight excluding hydrogens is 362 g/mol. The molecule has 3 heterocycles. The highest BCUT2D eigenvalue weighted by molar-refractivity contribution is 5.77. The molecule has 1 amide bonds. The number of aromatic nitrogens is 3. The molecule has 0 N–H and O–H groups in total. The Bertz CT molecular complexity index is 989. The molecule has 0 bridgehead atoms. The SMILES string of the molecule is CN(C)c1nc(-c2ccncc2)nc2c1CCN(C(=O)CCc1ccccc1)C2. The van der Waals surface area contributed by atoms with E-state index in [4.69, 9.17) is 9.97 Å². The number of nitrogens with zero attached hydrogens (tertiary/aromatic N) is 5. The first kappa shape index (κ1) is 19.1. The van der Waals surface area contributed by atoms with E-state index in [1.807, 2.05) is 54.2 Å². The predicted molar refractivity (Wildman–Crippen MR) is 113 cm³/mol. The number of hydrogen-bond acceptors (Lipinski definition) is 5. The highest BCUT2D eigenvalue weighted by atomic mass is 16.2. The van der Waals surface area contributed by atoms with Crippen molar-refractivity contribution >= 4 is 11.7 Å². The minimum atomic E-state index is 0.176. The Labute approximate surface area is 171 Å². The maximum absolute atomic E-state index is 12.8. The summed E-state index contributed by atoms with van der Waals surface area (Å²) in [6, 6.07) is 14.0. The van der Waals surface area contributed by atoms with Gasteiger partial charge < -0.3 is 9.80 Å². The van der Waals surface area contributed by atoms with E-state index in [1.165, 1.54) is 5.56 Å². The highest BCUT2D eigenvalue weighted by Gasteiger charge is 2.26. The van der Waals surface area contributed by atoms with Gasteiger partial charge in [0.2, 0.25) is 5.91 Å². The summed E-state index contributed by atoms with van der Waals surface area (Å²) in [7, 11) is 3.99. The van der Waals surface area contributed by atoms with Gasteiger partial charge in [-0.15, -0.1) is 0 Å². The van der Waals surface area contributed by atoms with Gasteiger partial charge in [-0.1, -0.05) is 30.3 Å². The van der Waals surface area contributed by atoms with Crippen LogP contribution in [-0.4, -0.2) is 46.4 Å². The van der Waals surface area contributed by atoms with Gasteiger partial charge in [-0.25, -0.2) is 9.97 Å². The maximum Gasteiger partial charge on any atom is 0.223 e. The van der Waals surface area contributed by atoms with E-state index in [2.05, 4.69) is 17.1 Å². The second kappa shape index (κ2) is 8.39. The zero-order chi connectivity index (χ0) is 20.2. The monoisotopic (exact) mass is 387 g/mol. The molecule has 148 valence electrons. The summed E-state index contributed by atoms with van der Waals surface area (Å²) in [6.45, 7) is 1.24. The molecule has 0 saturated carbocycles. The van der Waals surface area contributed by atoms with E-state index < -0.39 is 0 Å². The fourth-order valence-corrected chi connectivity index (χ4v) is 3.68. The molecule has 0 atom stereocenters. The van der Waals surface area contributed by atoms with Crippen LogP contribution >= 0.6 is 0 Å². The molecule has 29 heavy (non-hydrogen) atoms. The van der Waals surface area contributed by atoms with Crippen LogP contribution in [0.1, 0.15) is 23.2 Å². The van der Waals surface area contributed by atoms with Gasteiger partial charge >= 0.3 is 0 Å². The molecular formula is C23H25N5O. The molecule has 0 aliphatic carbocycles. The van der Waals surface area contributed by atoms with E-state index in [9.17, 15) is 4.79 Å². The number of anilines is 1. The van der Waals surface area contributed by atoms with E-state index in [-0.39, 0.29) is 5.91 Å². The summed E-state index contributed by atoms with van der Waals surface area (Å²) in [5.74, 6) is 1.78. The molecule has 2 aromatic heterocycles. The van der Waals surface area contributed by atoms with Crippen LogP contribution < -0.4 is 4.90 Å². The molecule has 0 fully saturated rings. The highest BCUT2D eigenvalue weighted by Crippen LogP contribution is 2.28. The van der Waals surface area contributed by atoms with Crippen molar-refractivity contribution in [1.82, 2.24) is 19.9 Å². The zero-order valence-electron chi connectivity index (χ0n) is 16.9. The summed E-state index contributed by atoms with van der Waals surface area (Å²) < 4.78 is 0. The second-order valence-corrected chi connectivity index (χ2v) is 7.48. The third-order valence-corrected chi connectivity index (χ3v) is 5.23. The van der Waals surface area contributed by atoms with E-state index in [1.54, 1.807) is 12.4 Å². The number of pyridine rings is 1. The molecule has 0 saturated heterocycles. The number of aryl methyl sites for hydroxylation is 1. The smallest absolute Gasteiger partial charge is 0.223 e. The number of amides is 1. The Morgan fingerprint density at radius 3 is 2.55 bits per heavy atom. The van der Waals surface area contributed by atoms with Crippen LogP contribution in [0.5, 0.6) is 0 Å². The summed E-state index contributed by atoms with van der Waals surface area (Å²) in [4.78, 5) is 30.5. The summed E-state index contributed by atoms with van der Waals surface area (Å²) in [5.41, 5.74) is 4.20. The minimum absolute atomic E-state index is 0.176. The lowest BCUT2D eigenvalue weighted by Gasteiger charge is -2.30. The average Bonchev–Trinajstić information content (AvgIpc) is 2.77. The average molecular weight is 387 g/mol. The summed E-state index contributed by atoms with van der Waals surface area (Å²) in [5, 5.41) is 0. The summed E-state index contributed by atoms with van der Waals surface area (Å²) in [6.07, 6.45) is 5.54. The van der Waals surface area contributed by atoms with Crippen LogP contribution in [0.25, 0.3) is 11.4 Å². The lowest BCUT2D eigenvalue weighted by molar-refractivity contribution is -0.132. The van der Waals surface area contributed by atoms with Gasteiger partial charge in [-0.05, 0) is 30.5 Å². The van der Waals surface area contributed by atoms with Crippen molar-refractivity contribution < 1.29 is 4.79 Å². The molecule has 0 radical (unpaired) electrons. The van der Waals surface area contributed by atoms with Crippen LogP contribution in [0.15, 0.2) is 54.9 Å². The Hall–Kier alpha value is -3.28. The standard InChI is InChI=1S/C23H25N5O/c1-27(2)23-19-12-15-28(21(29)9-8-17-6-4-3-5-7-17)16-20(19)25-22(26-23)18-10-13-24-14-11-18/h3-7,10-11,13-14H,8-9,12,15-16H2,1-2H3. The quantitative estimate of drug-likeness (QED) is 0.673. The van der Waals surface area contributed by atoms with Gasteiger partial charge in [0, 0.05) is 50.6 Å². The van der Waals surface area contributed by atoms with Gasteiger partial charge in [-0.3, -0.25) is 9.78 Å². The van der Waals surface area contributed by atoms with E-state index in [0.29, 0.717) is 25.3 Å². The molecule has 6 nitrogen and oxygen atoms in total. The number of hydrogen-bond donors (Lipinski definition) is 0. The fourth-order valence-electron chi connectivity index (χ4n) is 3.68. The number of rotatable bonds is 5. The van der Waals surface area contributed by atoms with Crippen LogP contribution in [0.3, 0.4) is 0 Å². The second-order valence-electron chi connectivity index (χ2n) is 7.48. The molecule has 6 heteroatoms. The van der Waals surface area contributed by atoms with Crippen LogP contribution in [0.4, 0.5) is 5.82 Å². The summed E-state index contributed by atoms with van der Waals surface area (Å²) >= 11 is 0. The molecule has 1 aliphatic heterocycles. The largest absolute Gasteiger partial charge is 0.362 e. The molecule has 0 unspecified atom stereocenters. The van der Waals surface area contributed by atoms with Gasteiger partial charge in [-0.2, -0.15) is 0 Å². The van der Waals surface area contributed by atoms with Crippen LogP contribution in [-0.2, 0) is 24.2 Å². The first-order valence-corrected chi connectivity index (χ1v) is 9.91. The Morgan fingerprint density at radius 1 is 1.07 bits per heavy atom. The van der Waals surface area contributed by atoms with Crippen molar-refractivity contribution in [2.45, 2.75) is 25.8 Å². The van der Waals surface area contributed by atoms with Gasteiger partial charge in [0.25, 0.3) is 0 Å². The topological polar surface area (TPSA) is 62.2 Å². The van der Waals surface area contributed by atoms with Crippen LogP contribution in [0, 0.1) is 0 Å². The van der Waals surface area contributed by atoms with E-state index >= 15 is 0 Å². The fraction of sp³-hybridized carbons (Fsp3) is 0.304. The molecule has 0 spiro atoms. The van der Waals surface area contributed by atoms with Crippen molar-refractivity contribution in [3.63, 3.8) is 0 Å². The van der Waals surface area contributed by atoms with Gasteiger partial charge in [0.05, 0.1) is 12.2 Å². The minimum Gasteiger partial charge on any atom is -0.362 e. The van der Waals surface area contributed by atoms with Crippen molar-refractivity contribution in [3.05, 3.63) is 71.7 Å².